The molecule has 0 fully saturated rings. The smallest absolute Gasteiger partial charge is 0.131 e. The molecule has 0 unspecified atom stereocenters. The molecule has 2 rings (SSSR count). The third kappa shape index (κ3) is 2.84. The Morgan fingerprint density at radius 3 is 2.47 bits per heavy atom. The van der Waals surface area contributed by atoms with E-state index >= 15 is 0 Å². The summed E-state index contributed by atoms with van der Waals surface area (Å²) in [5, 5.41) is 4.37. The highest BCUT2D eigenvalue weighted by Gasteiger charge is 2.12. The van der Waals surface area contributed by atoms with Gasteiger partial charge in [-0.1, -0.05) is 6.07 Å². The predicted octanol–water partition coefficient (Wildman–Crippen LogP) is 4.00. The highest BCUT2D eigenvalue weighted by molar-refractivity contribution is 9.10. The highest BCUT2D eigenvalue weighted by atomic mass is 79.9. The summed E-state index contributed by atoms with van der Waals surface area (Å²) < 4.78 is 8.85. The standard InChI is InChI=1S/C15H19BrN2O/c1-9-6-10(2)11(3)14(7-9)19-8-13-15(16)12(4)17-18(13)5/h6-7H,8H2,1-5H3. The number of nitrogens with zero attached hydrogens (tertiary/aromatic N) is 2. The first-order valence-corrected chi connectivity index (χ1v) is 7.08. The molecule has 2 aromatic rings. The van der Waals surface area contributed by atoms with Gasteiger partial charge in [0.05, 0.1) is 15.9 Å². The third-order valence-corrected chi connectivity index (χ3v) is 4.42. The topological polar surface area (TPSA) is 27.1 Å². The second kappa shape index (κ2) is 5.37. The van der Waals surface area contributed by atoms with Crippen molar-refractivity contribution in [3.05, 3.63) is 44.7 Å². The lowest BCUT2D eigenvalue weighted by Crippen LogP contribution is -2.05. The first-order chi connectivity index (χ1) is 8.90. The van der Waals surface area contributed by atoms with Crippen LogP contribution in [0.1, 0.15) is 28.1 Å². The minimum absolute atomic E-state index is 0.516. The summed E-state index contributed by atoms with van der Waals surface area (Å²) in [5.41, 5.74) is 5.71. The molecule has 1 heterocycles. The van der Waals surface area contributed by atoms with Gasteiger partial charge >= 0.3 is 0 Å². The van der Waals surface area contributed by atoms with E-state index in [9.17, 15) is 0 Å². The maximum absolute atomic E-state index is 5.97. The number of hydrogen-bond acceptors (Lipinski definition) is 2. The molecule has 0 aliphatic carbocycles. The molecule has 0 spiro atoms. The minimum Gasteiger partial charge on any atom is -0.487 e. The number of ether oxygens (including phenoxy) is 1. The van der Waals surface area contributed by atoms with Crippen LogP contribution in [0.3, 0.4) is 0 Å². The average Bonchev–Trinajstić information content (AvgIpc) is 2.57. The largest absolute Gasteiger partial charge is 0.487 e. The van der Waals surface area contributed by atoms with E-state index in [0.717, 1.165) is 21.6 Å². The monoisotopic (exact) mass is 322 g/mol. The van der Waals surface area contributed by atoms with Gasteiger partial charge in [0.1, 0.15) is 12.4 Å². The first kappa shape index (κ1) is 14.1. The van der Waals surface area contributed by atoms with E-state index in [1.807, 2.05) is 18.7 Å². The molecule has 0 amide bonds. The molecule has 0 N–H and O–H groups in total. The Morgan fingerprint density at radius 1 is 1.21 bits per heavy atom. The number of aromatic nitrogens is 2. The number of halogens is 1. The second-order valence-corrected chi connectivity index (χ2v) is 5.76. The van der Waals surface area contributed by atoms with Crippen molar-refractivity contribution in [2.24, 2.45) is 7.05 Å². The van der Waals surface area contributed by atoms with Crippen LogP contribution in [-0.4, -0.2) is 9.78 Å². The number of benzene rings is 1. The summed E-state index contributed by atoms with van der Waals surface area (Å²) in [6, 6.07) is 4.26. The van der Waals surface area contributed by atoms with Gasteiger partial charge in [-0.15, -0.1) is 0 Å². The molecule has 0 atom stereocenters. The van der Waals surface area contributed by atoms with E-state index in [2.05, 4.69) is 53.9 Å². The summed E-state index contributed by atoms with van der Waals surface area (Å²) in [6.45, 7) is 8.79. The lowest BCUT2D eigenvalue weighted by Gasteiger charge is -2.12. The van der Waals surface area contributed by atoms with E-state index < -0.39 is 0 Å². The fourth-order valence-corrected chi connectivity index (χ4v) is 2.58. The quantitative estimate of drug-likeness (QED) is 0.854. The van der Waals surface area contributed by atoms with Crippen molar-refractivity contribution in [1.82, 2.24) is 9.78 Å². The van der Waals surface area contributed by atoms with E-state index in [0.29, 0.717) is 6.61 Å². The van der Waals surface area contributed by atoms with Gasteiger partial charge in [0.15, 0.2) is 0 Å². The van der Waals surface area contributed by atoms with Gasteiger partial charge in [0.2, 0.25) is 0 Å². The van der Waals surface area contributed by atoms with Crippen LogP contribution < -0.4 is 4.74 Å². The van der Waals surface area contributed by atoms with Crippen LogP contribution in [0.4, 0.5) is 0 Å². The number of aryl methyl sites for hydroxylation is 4. The molecule has 1 aromatic carbocycles. The van der Waals surface area contributed by atoms with Crippen LogP contribution in [-0.2, 0) is 13.7 Å². The van der Waals surface area contributed by atoms with Gasteiger partial charge in [-0.05, 0) is 66.4 Å². The zero-order valence-corrected chi connectivity index (χ0v) is 13.6. The van der Waals surface area contributed by atoms with Crippen LogP contribution in [0.15, 0.2) is 16.6 Å². The Bertz CT molecular complexity index is 617. The van der Waals surface area contributed by atoms with E-state index in [1.165, 1.54) is 16.7 Å². The normalized spacial score (nSPS) is 10.8. The SMILES string of the molecule is Cc1cc(C)c(C)c(OCc2c(Br)c(C)nn2C)c1. The van der Waals surface area contributed by atoms with Crippen molar-refractivity contribution in [2.75, 3.05) is 0 Å². The van der Waals surface area contributed by atoms with Gasteiger partial charge in [-0.3, -0.25) is 4.68 Å². The van der Waals surface area contributed by atoms with Gasteiger partial charge in [0.25, 0.3) is 0 Å². The Hall–Kier alpha value is -1.29. The summed E-state index contributed by atoms with van der Waals surface area (Å²) >= 11 is 3.56. The molecule has 102 valence electrons. The number of rotatable bonds is 3. The summed E-state index contributed by atoms with van der Waals surface area (Å²) in [6.07, 6.45) is 0. The van der Waals surface area contributed by atoms with E-state index in [1.54, 1.807) is 0 Å². The molecule has 4 heteroatoms. The van der Waals surface area contributed by atoms with Crippen molar-refractivity contribution >= 4 is 15.9 Å². The van der Waals surface area contributed by atoms with Gasteiger partial charge < -0.3 is 4.74 Å². The predicted molar refractivity (Wildman–Crippen MR) is 80.6 cm³/mol. The summed E-state index contributed by atoms with van der Waals surface area (Å²) in [7, 11) is 1.94. The van der Waals surface area contributed by atoms with Gasteiger partial charge in [-0.2, -0.15) is 5.10 Å². The second-order valence-electron chi connectivity index (χ2n) is 4.96. The molecule has 0 radical (unpaired) electrons. The Kier molecular flexibility index (Phi) is 3.99. The van der Waals surface area contributed by atoms with Gasteiger partial charge in [-0.25, -0.2) is 0 Å². The van der Waals surface area contributed by atoms with Crippen molar-refractivity contribution in [2.45, 2.75) is 34.3 Å². The molecular weight excluding hydrogens is 304 g/mol. The van der Waals surface area contributed by atoms with E-state index in [4.69, 9.17) is 4.74 Å². The zero-order valence-electron chi connectivity index (χ0n) is 12.0. The van der Waals surface area contributed by atoms with E-state index in [-0.39, 0.29) is 0 Å². The molecule has 0 aliphatic heterocycles. The van der Waals surface area contributed by atoms with Crippen molar-refractivity contribution in [1.29, 1.82) is 0 Å². The third-order valence-electron chi connectivity index (χ3n) is 3.39. The fourth-order valence-electron chi connectivity index (χ4n) is 2.13. The molecule has 0 aliphatic rings. The van der Waals surface area contributed by atoms with Crippen molar-refractivity contribution in [3.8, 4) is 5.75 Å². The highest BCUT2D eigenvalue weighted by Crippen LogP contribution is 2.26. The Balaban J connectivity index is 2.24. The molecule has 19 heavy (non-hydrogen) atoms. The molecule has 0 bridgehead atoms. The van der Waals surface area contributed by atoms with Crippen molar-refractivity contribution < 1.29 is 4.74 Å². The molecule has 0 saturated heterocycles. The zero-order chi connectivity index (χ0) is 14.2. The lowest BCUT2D eigenvalue weighted by atomic mass is 10.1. The number of hydrogen-bond donors (Lipinski definition) is 0. The first-order valence-electron chi connectivity index (χ1n) is 6.28. The lowest BCUT2D eigenvalue weighted by molar-refractivity contribution is 0.291. The Morgan fingerprint density at radius 2 is 1.89 bits per heavy atom. The minimum atomic E-state index is 0.516. The maximum atomic E-state index is 5.97. The molecule has 3 nitrogen and oxygen atoms in total. The average molecular weight is 323 g/mol. The molecular formula is C15H19BrN2O. The summed E-state index contributed by atoms with van der Waals surface area (Å²) in [5.74, 6) is 0.947. The van der Waals surface area contributed by atoms with Crippen LogP contribution in [0.5, 0.6) is 5.75 Å². The Labute approximate surface area is 122 Å². The van der Waals surface area contributed by atoms with Crippen LogP contribution >= 0.6 is 15.9 Å². The molecule has 0 saturated carbocycles. The van der Waals surface area contributed by atoms with Crippen LogP contribution in [0.25, 0.3) is 0 Å². The van der Waals surface area contributed by atoms with Crippen LogP contribution in [0.2, 0.25) is 0 Å². The van der Waals surface area contributed by atoms with Gasteiger partial charge in [0, 0.05) is 7.05 Å². The molecule has 1 aromatic heterocycles. The van der Waals surface area contributed by atoms with Crippen LogP contribution in [0, 0.1) is 27.7 Å². The summed E-state index contributed by atoms with van der Waals surface area (Å²) in [4.78, 5) is 0. The maximum Gasteiger partial charge on any atom is 0.131 e. The van der Waals surface area contributed by atoms with Crippen molar-refractivity contribution in [3.63, 3.8) is 0 Å². The fraction of sp³-hybridized carbons (Fsp3) is 0.400.